The van der Waals surface area contributed by atoms with E-state index >= 15 is 0 Å². The van der Waals surface area contributed by atoms with E-state index in [4.69, 9.17) is 11.6 Å². The van der Waals surface area contributed by atoms with Gasteiger partial charge < -0.3 is 4.90 Å². The molecular formula is C23H20ClNO. The van der Waals surface area contributed by atoms with Crippen LogP contribution in [0.4, 0.5) is 5.69 Å². The molecule has 0 radical (unpaired) electrons. The number of carbonyl (C=O) groups is 1. The molecule has 1 unspecified atom stereocenters. The van der Waals surface area contributed by atoms with Crippen molar-refractivity contribution in [2.45, 2.75) is 25.8 Å². The Balaban J connectivity index is 1.80. The number of nitrogens with zero attached hydrogens (tertiary/aromatic N) is 1. The number of fused-ring (bicyclic) bond motifs is 1. The number of hydrogen-bond donors (Lipinski definition) is 0. The van der Waals surface area contributed by atoms with E-state index in [1.807, 2.05) is 47.4 Å². The second-order valence-corrected chi connectivity index (χ2v) is 7.26. The fraction of sp³-hybridized carbons (Fsp3) is 0.174. The number of benzene rings is 3. The summed E-state index contributed by atoms with van der Waals surface area (Å²) >= 11 is 6.02. The van der Waals surface area contributed by atoms with Crippen LogP contribution in [0.15, 0.2) is 72.8 Å². The van der Waals surface area contributed by atoms with Crippen LogP contribution in [0, 0.1) is 6.92 Å². The Morgan fingerprint density at radius 2 is 1.69 bits per heavy atom. The summed E-state index contributed by atoms with van der Waals surface area (Å²) in [5.41, 5.74) is 5.74. The summed E-state index contributed by atoms with van der Waals surface area (Å²) in [5, 5.41) is 0.675. The summed E-state index contributed by atoms with van der Waals surface area (Å²) in [7, 11) is 0. The largest absolute Gasteiger partial charge is 0.308 e. The molecule has 1 atom stereocenters. The predicted octanol–water partition coefficient (Wildman–Crippen LogP) is 5.72. The first kappa shape index (κ1) is 16.9. The maximum absolute atomic E-state index is 13.1. The molecule has 3 aromatic carbocycles. The van der Waals surface area contributed by atoms with Crippen molar-refractivity contribution in [1.82, 2.24) is 0 Å². The van der Waals surface area contributed by atoms with Gasteiger partial charge in [-0.2, -0.15) is 0 Å². The van der Waals surface area contributed by atoms with Crippen LogP contribution >= 0.6 is 11.6 Å². The molecule has 4 rings (SSSR count). The van der Waals surface area contributed by atoms with E-state index in [1.54, 1.807) is 0 Å². The lowest BCUT2D eigenvalue weighted by Gasteiger charge is -2.21. The Labute approximate surface area is 159 Å². The van der Waals surface area contributed by atoms with Gasteiger partial charge in [-0.05, 0) is 47.9 Å². The highest BCUT2D eigenvalue weighted by atomic mass is 35.5. The van der Waals surface area contributed by atoms with Crippen molar-refractivity contribution in [1.29, 1.82) is 0 Å². The topological polar surface area (TPSA) is 20.3 Å². The normalized spacial score (nSPS) is 16.9. The minimum Gasteiger partial charge on any atom is -0.308 e. The van der Waals surface area contributed by atoms with Gasteiger partial charge in [-0.25, -0.2) is 0 Å². The SMILES string of the molecule is Cc1ccc2c(c1)C(c1ccccc1)CC(=O)N(c1ccc(Cl)cc1)C2. The Hall–Kier alpha value is -2.58. The summed E-state index contributed by atoms with van der Waals surface area (Å²) in [6, 6.07) is 24.3. The highest BCUT2D eigenvalue weighted by molar-refractivity contribution is 6.30. The standard InChI is InChI=1S/C23H20ClNO/c1-16-7-8-18-15-25(20-11-9-19(24)10-12-20)23(26)14-22(21(18)13-16)17-5-3-2-4-6-17/h2-13,22H,14-15H2,1H3. The average molecular weight is 362 g/mol. The third kappa shape index (κ3) is 3.25. The van der Waals surface area contributed by atoms with Crippen molar-refractivity contribution in [3.63, 3.8) is 0 Å². The minimum absolute atomic E-state index is 0.0795. The van der Waals surface area contributed by atoms with Crippen LogP contribution < -0.4 is 4.90 Å². The summed E-state index contributed by atoms with van der Waals surface area (Å²) in [6.07, 6.45) is 0.461. The number of carbonyl (C=O) groups excluding carboxylic acids is 1. The molecule has 3 aromatic rings. The first-order chi connectivity index (χ1) is 12.6. The van der Waals surface area contributed by atoms with Gasteiger partial charge in [0, 0.05) is 23.0 Å². The second-order valence-electron chi connectivity index (χ2n) is 6.83. The maximum atomic E-state index is 13.1. The molecular weight excluding hydrogens is 342 g/mol. The second kappa shape index (κ2) is 6.97. The molecule has 0 saturated heterocycles. The van der Waals surface area contributed by atoms with Gasteiger partial charge in [-0.1, -0.05) is 65.7 Å². The van der Waals surface area contributed by atoms with Crippen molar-refractivity contribution >= 4 is 23.2 Å². The Bertz CT molecular complexity index is 934. The van der Waals surface area contributed by atoms with Crippen LogP contribution in [0.5, 0.6) is 0 Å². The van der Waals surface area contributed by atoms with Gasteiger partial charge in [0.05, 0.1) is 6.54 Å². The molecule has 0 aliphatic carbocycles. The third-order valence-corrected chi connectivity index (χ3v) is 5.28. The van der Waals surface area contributed by atoms with Crippen molar-refractivity contribution in [2.75, 3.05) is 4.90 Å². The maximum Gasteiger partial charge on any atom is 0.228 e. The predicted molar refractivity (Wildman–Crippen MR) is 107 cm³/mol. The molecule has 0 aromatic heterocycles. The number of halogens is 1. The molecule has 1 aliphatic rings. The van der Waals surface area contributed by atoms with Crippen molar-refractivity contribution in [3.05, 3.63) is 100 Å². The van der Waals surface area contributed by atoms with E-state index < -0.39 is 0 Å². The van der Waals surface area contributed by atoms with E-state index in [2.05, 4.69) is 37.3 Å². The molecule has 0 spiro atoms. The monoisotopic (exact) mass is 361 g/mol. The van der Waals surface area contributed by atoms with Crippen LogP contribution in [0.3, 0.4) is 0 Å². The molecule has 26 heavy (non-hydrogen) atoms. The van der Waals surface area contributed by atoms with Gasteiger partial charge >= 0.3 is 0 Å². The van der Waals surface area contributed by atoms with E-state index in [-0.39, 0.29) is 11.8 Å². The fourth-order valence-electron chi connectivity index (χ4n) is 3.68. The molecule has 1 amide bonds. The van der Waals surface area contributed by atoms with E-state index in [9.17, 15) is 4.79 Å². The first-order valence-electron chi connectivity index (χ1n) is 8.82. The van der Waals surface area contributed by atoms with Gasteiger partial charge in [0.2, 0.25) is 5.91 Å². The Morgan fingerprint density at radius 3 is 2.42 bits per heavy atom. The summed E-state index contributed by atoms with van der Waals surface area (Å²) < 4.78 is 0. The van der Waals surface area contributed by atoms with Crippen LogP contribution in [-0.2, 0) is 11.3 Å². The Morgan fingerprint density at radius 1 is 0.962 bits per heavy atom. The van der Waals surface area contributed by atoms with Crippen LogP contribution in [0.1, 0.15) is 34.6 Å². The van der Waals surface area contributed by atoms with E-state index in [0.717, 1.165) is 5.69 Å². The van der Waals surface area contributed by atoms with E-state index in [0.29, 0.717) is 18.0 Å². The van der Waals surface area contributed by atoms with Crippen LogP contribution in [-0.4, -0.2) is 5.91 Å². The Kier molecular flexibility index (Phi) is 4.52. The number of anilines is 1. The summed E-state index contributed by atoms with van der Waals surface area (Å²) in [6.45, 7) is 2.69. The molecule has 1 aliphatic heterocycles. The molecule has 0 saturated carbocycles. The van der Waals surface area contributed by atoms with Gasteiger partial charge in [0.15, 0.2) is 0 Å². The van der Waals surface area contributed by atoms with Crippen molar-refractivity contribution < 1.29 is 4.79 Å². The molecule has 0 fully saturated rings. The van der Waals surface area contributed by atoms with Crippen LogP contribution in [0.25, 0.3) is 0 Å². The van der Waals surface area contributed by atoms with Crippen LogP contribution in [0.2, 0.25) is 5.02 Å². The number of aryl methyl sites for hydroxylation is 1. The minimum atomic E-state index is 0.0795. The number of hydrogen-bond acceptors (Lipinski definition) is 1. The highest BCUT2D eigenvalue weighted by Crippen LogP contribution is 2.36. The van der Waals surface area contributed by atoms with Crippen molar-refractivity contribution in [2.24, 2.45) is 0 Å². The fourth-order valence-corrected chi connectivity index (χ4v) is 3.80. The molecule has 130 valence electrons. The average Bonchev–Trinajstić information content (AvgIpc) is 2.80. The molecule has 1 heterocycles. The zero-order valence-electron chi connectivity index (χ0n) is 14.7. The van der Waals surface area contributed by atoms with Gasteiger partial charge in [0.25, 0.3) is 0 Å². The quantitative estimate of drug-likeness (QED) is 0.571. The molecule has 3 heteroatoms. The summed E-state index contributed by atoms with van der Waals surface area (Å²) in [4.78, 5) is 15.0. The number of rotatable bonds is 2. The lowest BCUT2D eigenvalue weighted by atomic mass is 9.86. The zero-order valence-corrected chi connectivity index (χ0v) is 15.4. The molecule has 0 bridgehead atoms. The van der Waals surface area contributed by atoms with Crippen molar-refractivity contribution in [3.8, 4) is 0 Å². The third-order valence-electron chi connectivity index (χ3n) is 5.03. The van der Waals surface area contributed by atoms with E-state index in [1.165, 1.54) is 22.3 Å². The molecule has 0 N–H and O–H groups in total. The van der Waals surface area contributed by atoms with Gasteiger partial charge in [-0.3, -0.25) is 4.79 Å². The molecule has 2 nitrogen and oxygen atoms in total. The highest BCUT2D eigenvalue weighted by Gasteiger charge is 2.29. The lowest BCUT2D eigenvalue weighted by Crippen LogP contribution is -2.29. The van der Waals surface area contributed by atoms with Gasteiger partial charge in [0.1, 0.15) is 0 Å². The van der Waals surface area contributed by atoms with Gasteiger partial charge in [-0.15, -0.1) is 0 Å². The zero-order chi connectivity index (χ0) is 18.1. The summed E-state index contributed by atoms with van der Waals surface area (Å²) in [5.74, 6) is 0.214. The smallest absolute Gasteiger partial charge is 0.228 e. The first-order valence-corrected chi connectivity index (χ1v) is 9.20. The number of amides is 1. The lowest BCUT2D eigenvalue weighted by molar-refractivity contribution is -0.118.